The molecule has 5 heteroatoms. The molecule has 1 aromatic heterocycles. The highest BCUT2D eigenvalue weighted by Gasteiger charge is 2.39. The van der Waals surface area contributed by atoms with Crippen LogP contribution in [0.4, 0.5) is 0 Å². The van der Waals surface area contributed by atoms with Crippen molar-refractivity contribution < 1.29 is 9.47 Å². The monoisotopic (exact) mass is 354 g/mol. The largest absolute Gasteiger partial charge is 0.462 e. The number of benzene rings is 1. The summed E-state index contributed by atoms with van der Waals surface area (Å²) in [5, 5.41) is 3.60. The van der Waals surface area contributed by atoms with Crippen molar-refractivity contribution in [3.63, 3.8) is 0 Å². The summed E-state index contributed by atoms with van der Waals surface area (Å²) in [4.78, 5) is 14.0. The van der Waals surface area contributed by atoms with E-state index in [1.54, 1.807) is 12.3 Å². The summed E-state index contributed by atoms with van der Waals surface area (Å²) < 4.78 is 12.6. The molecule has 0 aliphatic carbocycles. The van der Waals surface area contributed by atoms with Gasteiger partial charge in [-0.05, 0) is 56.0 Å². The second kappa shape index (κ2) is 6.56. The number of H-pyrrole nitrogens is 1. The molecule has 3 heterocycles. The van der Waals surface area contributed by atoms with E-state index in [1.807, 2.05) is 18.2 Å². The first-order valence-corrected chi connectivity index (χ1v) is 9.35. The molecule has 0 radical (unpaired) electrons. The molecule has 1 spiro atoms. The molecule has 5 nitrogen and oxygen atoms in total. The first-order valence-electron chi connectivity index (χ1n) is 9.35. The molecule has 2 N–H and O–H groups in total. The number of ether oxygens (including phenoxy) is 2. The lowest BCUT2D eigenvalue weighted by Gasteiger charge is -2.42. The smallest absolute Gasteiger partial charge is 0.247 e. The van der Waals surface area contributed by atoms with Crippen LogP contribution in [0.5, 0.6) is 5.75 Å². The van der Waals surface area contributed by atoms with Gasteiger partial charge in [0.05, 0.1) is 6.61 Å². The van der Waals surface area contributed by atoms with Crippen molar-refractivity contribution in [1.82, 2.24) is 10.3 Å². The van der Waals surface area contributed by atoms with Crippen LogP contribution >= 0.6 is 0 Å². The van der Waals surface area contributed by atoms with Gasteiger partial charge in [-0.1, -0.05) is 6.07 Å². The molecule has 2 aromatic rings. The van der Waals surface area contributed by atoms with Crippen molar-refractivity contribution in [2.45, 2.75) is 57.5 Å². The quantitative estimate of drug-likeness (QED) is 0.821. The van der Waals surface area contributed by atoms with E-state index in [-0.39, 0.29) is 11.1 Å². The maximum absolute atomic E-state index is 11.2. The number of aromatic amines is 1. The predicted octanol–water partition coefficient (Wildman–Crippen LogP) is 3.59. The molecular formula is C21H26N2O3. The maximum Gasteiger partial charge on any atom is 0.247 e. The summed E-state index contributed by atoms with van der Waals surface area (Å²) in [5.41, 5.74) is 3.16. The first-order chi connectivity index (χ1) is 12.4. The van der Waals surface area contributed by atoms with Gasteiger partial charge in [-0.25, -0.2) is 0 Å². The average Bonchev–Trinajstić information content (AvgIpc) is 2.60. The Kier molecular flexibility index (Phi) is 4.37. The lowest BCUT2D eigenvalue weighted by Crippen LogP contribution is -2.50. The summed E-state index contributed by atoms with van der Waals surface area (Å²) in [6.07, 6.45) is 5.68. The fourth-order valence-corrected chi connectivity index (χ4v) is 3.85. The van der Waals surface area contributed by atoms with E-state index in [0.29, 0.717) is 6.61 Å². The number of hydrogen-bond acceptors (Lipinski definition) is 4. The predicted molar refractivity (Wildman–Crippen MR) is 101 cm³/mol. The maximum atomic E-state index is 11.2. The normalized spacial score (nSPS) is 25.0. The van der Waals surface area contributed by atoms with Crippen LogP contribution in [0.2, 0.25) is 0 Å². The second-order valence-electron chi connectivity index (χ2n) is 7.98. The second-order valence-corrected chi connectivity index (χ2v) is 7.98. The van der Waals surface area contributed by atoms with Crippen molar-refractivity contribution in [2.75, 3.05) is 6.54 Å². The van der Waals surface area contributed by atoms with E-state index in [9.17, 15) is 4.79 Å². The molecule has 1 unspecified atom stereocenters. The number of aromatic nitrogens is 1. The Morgan fingerprint density at radius 1 is 1.04 bits per heavy atom. The molecule has 138 valence electrons. The van der Waals surface area contributed by atoms with Gasteiger partial charge in [0.25, 0.3) is 0 Å². The van der Waals surface area contributed by atoms with E-state index < -0.39 is 5.79 Å². The highest BCUT2D eigenvalue weighted by Crippen LogP contribution is 2.39. The van der Waals surface area contributed by atoms with E-state index in [0.717, 1.165) is 54.7 Å². The van der Waals surface area contributed by atoms with Crippen molar-refractivity contribution in [3.05, 3.63) is 52.4 Å². The number of nitrogens with one attached hydrogen (secondary N) is 2. The third-order valence-corrected chi connectivity index (χ3v) is 5.43. The topological polar surface area (TPSA) is 63.3 Å². The number of pyridine rings is 1. The lowest BCUT2D eigenvalue weighted by atomic mass is 9.91. The molecule has 1 aromatic carbocycles. The fraction of sp³-hybridized carbons (Fsp3) is 0.476. The first kappa shape index (κ1) is 17.3. The number of fused-ring (bicyclic) bond motifs is 1. The van der Waals surface area contributed by atoms with E-state index >= 15 is 0 Å². The van der Waals surface area contributed by atoms with E-state index in [4.69, 9.17) is 9.47 Å². The van der Waals surface area contributed by atoms with Gasteiger partial charge in [-0.2, -0.15) is 0 Å². The Balaban J connectivity index is 1.54. The summed E-state index contributed by atoms with van der Waals surface area (Å²) in [7, 11) is 0. The van der Waals surface area contributed by atoms with Crippen LogP contribution in [-0.4, -0.2) is 22.9 Å². The summed E-state index contributed by atoms with van der Waals surface area (Å²) in [6, 6.07) is 9.51. The van der Waals surface area contributed by atoms with Gasteiger partial charge in [-0.3, -0.25) is 4.79 Å². The van der Waals surface area contributed by atoms with Crippen LogP contribution in [0.25, 0.3) is 11.1 Å². The highest BCUT2D eigenvalue weighted by atomic mass is 16.7. The molecule has 1 fully saturated rings. The van der Waals surface area contributed by atoms with Gasteiger partial charge in [0.2, 0.25) is 11.3 Å². The van der Waals surface area contributed by atoms with Gasteiger partial charge >= 0.3 is 0 Å². The molecule has 2 aliphatic heterocycles. The molecule has 1 atom stereocenters. The van der Waals surface area contributed by atoms with Gasteiger partial charge in [0, 0.05) is 42.8 Å². The SMILES string of the molecule is CC1(C)CCCC2(CCN1)OCc1cc(-c3ccc(=O)[nH]c3)ccc1O2. The molecular weight excluding hydrogens is 328 g/mol. The lowest BCUT2D eigenvalue weighted by molar-refractivity contribution is -0.216. The zero-order valence-corrected chi connectivity index (χ0v) is 15.4. The Labute approximate surface area is 153 Å². The molecule has 1 saturated heterocycles. The van der Waals surface area contributed by atoms with E-state index in [2.05, 4.69) is 30.2 Å². The zero-order chi connectivity index (χ0) is 18.2. The zero-order valence-electron chi connectivity index (χ0n) is 15.4. The van der Waals surface area contributed by atoms with E-state index in [1.165, 1.54) is 0 Å². The molecule has 0 saturated carbocycles. The Morgan fingerprint density at radius 2 is 1.88 bits per heavy atom. The molecule has 4 rings (SSSR count). The van der Waals surface area contributed by atoms with Crippen molar-refractivity contribution in [3.8, 4) is 16.9 Å². The summed E-state index contributed by atoms with van der Waals surface area (Å²) in [6.45, 7) is 5.94. The van der Waals surface area contributed by atoms with Gasteiger partial charge in [-0.15, -0.1) is 0 Å². The van der Waals surface area contributed by atoms with Gasteiger partial charge < -0.3 is 19.8 Å². The molecule has 26 heavy (non-hydrogen) atoms. The Hall–Kier alpha value is -2.11. The fourth-order valence-electron chi connectivity index (χ4n) is 3.85. The summed E-state index contributed by atoms with van der Waals surface area (Å²) in [5.74, 6) is 0.389. The highest BCUT2D eigenvalue weighted by molar-refractivity contribution is 5.64. The van der Waals surface area contributed by atoms with Crippen molar-refractivity contribution in [1.29, 1.82) is 0 Å². The summed E-state index contributed by atoms with van der Waals surface area (Å²) >= 11 is 0. The van der Waals surface area contributed by atoms with Gasteiger partial charge in [0.1, 0.15) is 5.75 Å². The minimum Gasteiger partial charge on any atom is -0.462 e. The Morgan fingerprint density at radius 3 is 2.69 bits per heavy atom. The molecule has 0 bridgehead atoms. The standard InChI is InChI=1S/C21H26N2O3/c1-20(2)8-3-9-21(10-11-23-20)25-14-17-12-15(4-6-18(17)26-21)16-5-7-19(24)22-13-16/h4-7,12-13,23H,3,8-11,14H2,1-2H3,(H,22,24). The van der Waals surface area contributed by atoms with Crippen LogP contribution in [0.1, 0.15) is 45.1 Å². The minimum absolute atomic E-state index is 0.0959. The van der Waals surface area contributed by atoms with Crippen molar-refractivity contribution in [2.24, 2.45) is 0 Å². The van der Waals surface area contributed by atoms with Crippen LogP contribution in [0, 0.1) is 0 Å². The van der Waals surface area contributed by atoms with Gasteiger partial charge in [0.15, 0.2) is 0 Å². The van der Waals surface area contributed by atoms with Crippen LogP contribution in [0.15, 0.2) is 41.3 Å². The third-order valence-electron chi connectivity index (χ3n) is 5.43. The molecule has 2 aliphatic rings. The molecule has 0 amide bonds. The number of hydrogen-bond donors (Lipinski definition) is 2. The van der Waals surface area contributed by atoms with Crippen LogP contribution < -0.4 is 15.6 Å². The van der Waals surface area contributed by atoms with Crippen LogP contribution in [-0.2, 0) is 11.3 Å². The van der Waals surface area contributed by atoms with Crippen molar-refractivity contribution >= 4 is 0 Å². The number of rotatable bonds is 1. The Bertz CT molecular complexity index is 824. The van der Waals surface area contributed by atoms with Crippen LogP contribution in [0.3, 0.4) is 0 Å². The third kappa shape index (κ3) is 3.55. The average molecular weight is 354 g/mol. The minimum atomic E-state index is -0.518.